The van der Waals surface area contributed by atoms with Crippen molar-refractivity contribution in [3.05, 3.63) is 20.8 Å². The number of allylic oxidation sites excluding steroid dienone is 4. The number of rotatable bonds is 0. The third-order valence-corrected chi connectivity index (χ3v) is 5.29. The summed E-state index contributed by atoms with van der Waals surface area (Å²) in [5.41, 5.74) is 4.83. The van der Waals surface area contributed by atoms with Crippen molar-refractivity contribution in [1.29, 1.82) is 0 Å². The van der Waals surface area contributed by atoms with Gasteiger partial charge in [-0.05, 0) is 0 Å². The van der Waals surface area contributed by atoms with Gasteiger partial charge in [-0.3, -0.25) is 0 Å². The minimum Gasteiger partial charge on any atom is -1.00 e. The molecule has 0 aromatic carbocycles. The van der Waals surface area contributed by atoms with E-state index in [0.29, 0.717) is 5.41 Å². The standard InChI is InChI=1S/C10H15.2HI.Ir/c1-7-6-10(4,5)9(3)8(7)2;;;/h1-5H3;2*1H;/q;;;+2/p-2. The molecule has 0 atom stereocenters. The van der Waals surface area contributed by atoms with Crippen LogP contribution in [0.3, 0.4) is 0 Å². The maximum absolute atomic E-state index is 2.30. The summed E-state index contributed by atoms with van der Waals surface area (Å²) in [5, 5.41) is 0. The van der Waals surface area contributed by atoms with Crippen LogP contribution in [0.15, 0.2) is 20.8 Å². The predicted molar refractivity (Wildman–Crippen MR) is 44.9 cm³/mol. The summed E-state index contributed by atoms with van der Waals surface area (Å²) in [7, 11) is 0. The van der Waals surface area contributed by atoms with Gasteiger partial charge in [0, 0.05) is 0 Å². The Labute approximate surface area is 126 Å². The van der Waals surface area contributed by atoms with Gasteiger partial charge in [0.15, 0.2) is 0 Å². The average Bonchev–Trinajstić information content (AvgIpc) is 2.06. The summed E-state index contributed by atoms with van der Waals surface area (Å²) in [5.74, 6) is 0. The molecular weight excluding hydrogens is 566 g/mol. The molecule has 1 aliphatic rings. The van der Waals surface area contributed by atoms with Crippen LogP contribution < -0.4 is 48.0 Å². The molecule has 0 spiro atoms. The van der Waals surface area contributed by atoms with E-state index in [1.807, 2.05) is 0 Å². The van der Waals surface area contributed by atoms with Gasteiger partial charge in [0.2, 0.25) is 0 Å². The molecule has 0 radical (unpaired) electrons. The summed E-state index contributed by atoms with van der Waals surface area (Å²) < 4.78 is 1.53. The third-order valence-electron chi connectivity index (χ3n) is 2.90. The van der Waals surface area contributed by atoms with Crippen LogP contribution in [0.25, 0.3) is 0 Å². The van der Waals surface area contributed by atoms with Crippen molar-refractivity contribution in [1.82, 2.24) is 0 Å². The van der Waals surface area contributed by atoms with Crippen molar-refractivity contribution in [3.63, 3.8) is 0 Å². The second-order valence-electron chi connectivity index (χ2n) is 3.79. The Morgan fingerprint density at radius 3 is 1.38 bits per heavy atom. The van der Waals surface area contributed by atoms with E-state index >= 15 is 0 Å². The fourth-order valence-electron chi connectivity index (χ4n) is 1.53. The van der Waals surface area contributed by atoms with E-state index in [1.165, 1.54) is 20.8 Å². The Hall–Kier alpha value is 1.59. The first-order valence-electron chi connectivity index (χ1n) is 3.92. The van der Waals surface area contributed by atoms with E-state index < -0.39 is 0 Å². The molecule has 0 bridgehead atoms. The number of halogens is 2. The molecule has 0 aromatic heterocycles. The second kappa shape index (κ2) is 5.61. The van der Waals surface area contributed by atoms with E-state index in [4.69, 9.17) is 0 Å². The van der Waals surface area contributed by atoms with Crippen molar-refractivity contribution in [2.24, 2.45) is 5.41 Å². The van der Waals surface area contributed by atoms with E-state index in [2.05, 4.69) is 53.5 Å². The zero-order chi connectivity index (χ0) is 8.81. The second-order valence-corrected chi connectivity index (χ2v) is 4.99. The smallest absolute Gasteiger partial charge is 1.00 e. The SMILES string of the molecule is CC1=C(C)C(C)(C)[C]([Ir+2])=C1C.[I-].[I-]. The predicted octanol–water partition coefficient (Wildman–Crippen LogP) is -2.81. The van der Waals surface area contributed by atoms with Crippen LogP contribution in [0.1, 0.15) is 34.6 Å². The maximum atomic E-state index is 2.30. The number of hydrogen-bond donors (Lipinski definition) is 0. The molecular formula is C10H15I2Ir. The largest absolute Gasteiger partial charge is 1.00 e. The summed E-state index contributed by atoms with van der Waals surface area (Å²) in [6.45, 7) is 11.3. The zero-order valence-corrected chi connectivity index (χ0v) is 15.3. The monoisotopic (exact) mass is 582 g/mol. The van der Waals surface area contributed by atoms with Gasteiger partial charge in [-0.25, -0.2) is 0 Å². The van der Waals surface area contributed by atoms with Crippen LogP contribution in [-0.4, -0.2) is 0 Å². The summed E-state index contributed by atoms with van der Waals surface area (Å²) in [6, 6.07) is 0. The fourth-order valence-corrected chi connectivity index (χ4v) is 2.43. The van der Waals surface area contributed by atoms with Crippen molar-refractivity contribution in [2.45, 2.75) is 34.6 Å². The van der Waals surface area contributed by atoms with Crippen LogP contribution >= 0.6 is 0 Å². The topological polar surface area (TPSA) is 0 Å². The number of hydrogen-bond acceptors (Lipinski definition) is 0. The van der Waals surface area contributed by atoms with Crippen molar-refractivity contribution >= 4 is 0 Å². The van der Waals surface area contributed by atoms with Crippen LogP contribution in [0.5, 0.6) is 0 Å². The first-order valence-corrected chi connectivity index (χ1v) is 5.11. The summed E-state index contributed by atoms with van der Waals surface area (Å²) >= 11 is 2.25. The van der Waals surface area contributed by atoms with Crippen LogP contribution in [0.4, 0.5) is 0 Å². The Kier molecular flexibility index (Phi) is 7.34. The molecule has 0 N–H and O–H groups in total. The molecule has 0 amide bonds. The quantitative estimate of drug-likeness (QED) is 0.272. The van der Waals surface area contributed by atoms with Crippen molar-refractivity contribution in [2.75, 3.05) is 0 Å². The van der Waals surface area contributed by atoms with Crippen LogP contribution in [-0.2, 0) is 18.9 Å². The Bertz CT molecular complexity index is 236. The maximum Gasteiger partial charge on any atom is -1.00 e. The molecule has 0 nitrogen and oxygen atoms in total. The summed E-state index contributed by atoms with van der Waals surface area (Å²) in [4.78, 5) is 0. The molecule has 78 valence electrons. The van der Waals surface area contributed by atoms with Gasteiger partial charge in [-0.15, -0.1) is 0 Å². The fraction of sp³-hybridized carbons (Fsp3) is 0.600. The van der Waals surface area contributed by atoms with E-state index in [1.54, 1.807) is 0 Å². The van der Waals surface area contributed by atoms with Gasteiger partial charge < -0.3 is 48.0 Å². The minimum absolute atomic E-state index is 0. The molecule has 1 aliphatic carbocycles. The van der Waals surface area contributed by atoms with Crippen molar-refractivity contribution in [3.8, 4) is 0 Å². The van der Waals surface area contributed by atoms with Gasteiger partial charge in [0.05, 0.1) is 0 Å². The van der Waals surface area contributed by atoms with Crippen LogP contribution in [0.2, 0.25) is 0 Å². The van der Waals surface area contributed by atoms with Crippen molar-refractivity contribution < 1.29 is 66.9 Å². The molecule has 0 heterocycles. The molecule has 13 heavy (non-hydrogen) atoms. The molecule has 0 aromatic rings. The van der Waals surface area contributed by atoms with Gasteiger partial charge in [-0.2, -0.15) is 0 Å². The first-order chi connectivity index (χ1) is 4.89. The molecule has 0 fully saturated rings. The molecule has 0 unspecified atom stereocenters. The van der Waals surface area contributed by atoms with Crippen LogP contribution in [0, 0.1) is 5.41 Å². The van der Waals surface area contributed by atoms with Gasteiger partial charge in [0.1, 0.15) is 0 Å². The Morgan fingerprint density at radius 2 is 1.31 bits per heavy atom. The molecule has 0 saturated heterocycles. The molecule has 1 rings (SSSR count). The first kappa shape index (κ1) is 17.0. The third kappa shape index (κ3) is 2.79. The van der Waals surface area contributed by atoms with Gasteiger partial charge in [0.25, 0.3) is 0 Å². The van der Waals surface area contributed by atoms with Gasteiger partial charge in [-0.1, -0.05) is 0 Å². The zero-order valence-electron chi connectivity index (χ0n) is 8.59. The van der Waals surface area contributed by atoms with E-state index in [-0.39, 0.29) is 48.0 Å². The summed E-state index contributed by atoms with van der Waals surface area (Å²) in [6.07, 6.45) is 0. The molecule has 3 heteroatoms. The average molecular weight is 581 g/mol. The Morgan fingerprint density at radius 1 is 0.923 bits per heavy atom. The minimum atomic E-state index is 0. The normalized spacial score (nSPS) is 19.8. The van der Waals surface area contributed by atoms with Gasteiger partial charge >= 0.3 is 79.7 Å². The van der Waals surface area contributed by atoms with E-state index in [0.717, 1.165) is 0 Å². The molecule has 0 saturated carbocycles. The Balaban J connectivity index is 0. The molecule has 0 aliphatic heterocycles. The van der Waals surface area contributed by atoms with E-state index in [9.17, 15) is 0 Å².